The van der Waals surface area contributed by atoms with Crippen LogP contribution in [0.2, 0.25) is 0 Å². The van der Waals surface area contributed by atoms with Gasteiger partial charge in [-0.3, -0.25) is 4.79 Å². The molecule has 0 aliphatic carbocycles. The molecule has 4 rings (SSSR count). The third-order valence-corrected chi connectivity index (χ3v) is 6.66. The van der Waals surface area contributed by atoms with Gasteiger partial charge in [-0.25, -0.2) is 4.79 Å². The lowest BCUT2D eigenvalue weighted by Crippen LogP contribution is -2.72. The number of hydrogen-bond donors (Lipinski definition) is 1. The normalized spacial score (nSPS) is 22.7. The van der Waals surface area contributed by atoms with Gasteiger partial charge < -0.3 is 15.4 Å². The summed E-state index contributed by atoms with van der Waals surface area (Å²) in [5, 5.41) is 1.59. The highest BCUT2D eigenvalue weighted by molar-refractivity contribution is 9.28. The van der Waals surface area contributed by atoms with Crippen LogP contribution in [0.15, 0.2) is 81.1 Å². The summed E-state index contributed by atoms with van der Waals surface area (Å²) in [6.07, 6.45) is 1.17. The van der Waals surface area contributed by atoms with Crippen molar-refractivity contribution in [2.75, 3.05) is 0 Å². The van der Waals surface area contributed by atoms with Crippen LogP contribution in [0.1, 0.15) is 17.2 Å². The van der Waals surface area contributed by atoms with Gasteiger partial charge in [-0.1, -0.05) is 60.7 Å². The number of thioether (sulfide) groups is 1. The lowest BCUT2D eigenvalue weighted by molar-refractivity contribution is -0.163. The van der Waals surface area contributed by atoms with Crippen LogP contribution in [0.5, 0.6) is 0 Å². The molecule has 2 N–H and O–H groups in total. The van der Waals surface area contributed by atoms with E-state index in [1.54, 1.807) is 6.08 Å². The van der Waals surface area contributed by atoms with Crippen molar-refractivity contribution in [1.29, 1.82) is 0 Å². The van der Waals surface area contributed by atoms with E-state index in [2.05, 4.69) is 31.9 Å². The molecule has 2 unspecified atom stereocenters. The van der Waals surface area contributed by atoms with Crippen molar-refractivity contribution in [1.82, 2.24) is 4.90 Å². The third-order valence-electron chi connectivity index (χ3n) is 5.00. The Hall–Kier alpha value is -1.87. The van der Waals surface area contributed by atoms with Crippen molar-refractivity contribution in [3.63, 3.8) is 0 Å². The van der Waals surface area contributed by atoms with Gasteiger partial charge in [-0.05, 0) is 60.0 Å². The minimum atomic E-state index is -0.858. The monoisotopic (exact) mass is 548 g/mol. The highest BCUT2D eigenvalue weighted by Crippen LogP contribution is 2.41. The number of carbonyl (C=O) groups is 2. The molecule has 0 spiro atoms. The Morgan fingerprint density at radius 1 is 1.07 bits per heavy atom. The Labute approximate surface area is 195 Å². The lowest BCUT2D eigenvalue weighted by atomic mass is 9.98. The van der Waals surface area contributed by atoms with Gasteiger partial charge in [-0.2, -0.15) is 0 Å². The zero-order chi connectivity index (χ0) is 21.3. The number of β-lactam (4-membered cyclic amide) rings is 1. The summed E-state index contributed by atoms with van der Waals surface area (Å²) in [6.45, 7) is 0. The van der Waals surface area contributed by atoms with E-state index in [4.69, 9.17) is 10.5 Å². The van der Waals surface area contributed by atoms with Gasteiger partial charge in [0.1, 0.15) is 11.4 Å². The average molecular weight is 550 g/mol. The van der Waals surface area contributed by atoms with E-state index < -0.39 is 24.2 Å². The largest absolute Gasteiger partial charge is 0.451 e. The molecule has 1 fully saturated rings. The van der Waals surface area contributed by atoms with Gasteiger partial charge >= 0.3 is 5.97 Å². The molecule has 8 heteroatoms. The summed E-state index contributed by atoms with van der Waals surface area (Å²) in [6, 6.07) is 17.6. The fourth-order valence-corrected chi connectivity index (χ4v) is 5.23. The number of nitrogens with zero attached hydrogens (tertiary/aromatic N) is 1. The molecular weight excluding hydrogens is 532 g/mol. The lowest BCUT2D eigenvalue weighted by Gasteiger charge is -2.50. The Kier molecular flexibility index (Phi) is 6.48. The number of halogens is 2. The van der Waals surface area contributed by atoms with E-state index >= 15 is 0 Å². The van der Waals surface area contributed by atoms with Crippen molar-refractivity contribution >= 4 is 55.5 Å². The van der Waals surface area contributed by atoms with E-state index in [0.717, 1.165) is 11.1 Å². The zero-order valence-corrected chi connectivity index (χ0v) is 19.6. The van der Waals surface area contributed by atoms with Crippen LogP contribution in [0.3, 0.4) is 0 Å². The van der Waals surface area contributed by atoms with Gasteiger partial charge in [0.15, 0.2) is 12.1 Å². The average Bonchev–Trinajstić information content (AvgIpc) is 2.77. The first-order chi connectivity index (χ1) is 14.5. The maximum Gasteiger partial charge on any atom is 0.334 e. The molecule has 5 nitrogen and oxygen atoms in total. The number of ether oxygens (including phenoxy) is 1. The van der Waals surface area contributed by atoms with Crippen LogP contribution >= 0.6 is 43.6 Å². The molecule has 2 aromatic rings. The SMILES string of the molecule is NC1C(=O)N2C(C(=O)OC(c3ccccc3)c3ccccc3)C(C=C(Br)Br)=CS[C@@H]12. The van der Waals surface area contributed by atoms with Crippen LogP contribution in [0.25, 0.3) is 0 Å². The van der Waals surface area contributed by atoms with Crippen molar-refractivity contribution in [3.05, 3.63) is 92.2 Å². The molecule has 0 aromatic heterocycles. The zero-order valence-electron chi connectivity index (χ0n) is 15.7. The number of amides is 1. The van der Waals surface area contributed by atoms with Gasteiger partial charge in [0.05, 0.1) is 3.39 Å². The number of rotatable bonds is 5. The maximum absolute atomic E-state index is 13.4. The molecule has 0 bridgehead atoms. The summed E-state index contributed by atoms with van der Waals surface area (Å²) in [5.41, 5.74) is 8.31. The Morgan fingerprint density at radius 3 is 2.17 bits per heavy atom. The number of esters is 1. The second-order valence-electron chi connectivity index (χ2n) is 6.89. The fraction of sp³-hybridized carbons (Fsp3) is 0.182. The summed E-state index contributed by atoms with van der Waals surface area (Å²) in [7, 11) is 0. The number of carbonyl (C=O) groups excluding carboxylic acids is 2. The molecule has 154 valence electrons. The molecular formula is C22H18Br2N2O3S. The van der Waals surface area contributed by atoms with E-state index in [9.17, 15) is 9.59 Å². The minimum absolute atomic E-state index is 0.255. The number of benzene rings is 2. The van der Waals surface area contributed by atoms with Crippen LogP contribution in [-0.2, 0) is 14.3 Å². The number of hydrogen-bond acceptors (Lipinski definition) is 5. The fourth-order valence-electron chi connectivity index (χ4n) is 3.56. The van der Waals surface area contributed by atoms with Crippen molar-refractivity contribution < 1.29 is 14.3 Å². The van der Waals surface area contributed by atoms with Gasteiger partial charge in [0.25, 0.3) is 0 Å². The van der Waals surface area contributed by atoms with Gasteiger partial charge in [0, 0.05) is 0 Å². The molecule has 30 heavy (non-hydrogen) atoms. The van der Waals surface area contributed by atoms with Gasteiger partial charge in [-0.15, -0.1) is 11.8 Å². The molecule has 0 saturated carbocycles. The second-order valence-corrected chi connectivity index (χ2v) is 10.7. The molecule has 1 amide bonds. The second kappa shape index (κ2) is 9.09. The van der Waals surface area contributed by atoms with Crippen LogP contribution < -0.4 is 5.73 Å². The van der Waals surface area contributed by atoms with Crippen molar-refractivity contribution in [3.8, 4) is 0 Å². The molecule has 3 atom stereocenters. The predicted molar refractivity (Wildman–Crippen MR) is 125 cm³/mol. The molecule has 0 radical (unpaired) electrons. The highest BCUT2D eigenvalue weighted by atomic mass is 79.9. The van der Waals surface area contributed by atoms with Crippen LogP contribution in [0, 0.1) is 0 Å². The molecule has 1 saturated heterocycles. The van der Waals surface area contributed by atoms with Gasteiger partial charge in [0.2, 0.25) is 5.91 Å². The Balaban J connectivity index is 1.68. The first-order valence-electron chi connectivity index (χ1n) is 9.23. The minimum Gasteiger partial charge on any atom is -0.451 e. The summed E-state index contributed by atoms with van der Waals surface area (Å²) in [4.78, 5) is 27.4. The summed E-state index contributed by atoms with van der Waals surface area (Å²) < 4.78 is 6.69. The molecule has 2 aliphatic rings. The predicted octanol–water partition coefficient (Wildman–Crippen LogP) is 4.45. The summed E-state index contributed by atoms with van der Waals surface area (Å²) in [5.74, 6) is -0.753. The third kappa shape index (κ3) is 4.14. The molecule has 2 heterocycles. The smallest absolute Gasteiger partial charge is 0.334 e. The standard InChI is InChI=1S/C22H18Br2N2O3S/c23-16(24)11-15-12-30-21-17(25)20(27)26(21)18(15)22(28)29-19(13-7-3-1-4-8-13)14-9-5-2-6-10-14/h1-12,17-19,21H,25H2/t17?,18?,21-/m0/s1. The van der Waals surface area contributed by atoms with Crippen LogP contribution in [0.4, 0.5) is 0 Å². The highest BCUT2D eigenvalue weighted by Gasteiger charge is 2.54. The maximum atomic E-state index is 13.4. The number of fused-ring (bicyclic) bond motifs is 1. The van der Waals surface area contributed by atoms with E-state index in [1.807, 2.05) is 66.1 Å². The molecule has 2 aromatic carbocycles. The van der Waals surface area contributed by atoms with E-state index in [0.29, 0.717) is 8.96 Å². The summed E-state index contributed by atoms with van der Waals surface area (Å²) >= 11 is 8.11. The van der Waals surface area contributed by atoms with Crippen molar-refractivity contribution in [2.45, 2.75) is 23.6 Å². The number of nitrogens with two attached hydrogens (primary N) is 1. The Bertz CT molecular complexity index is 970. The van der Waals surface area contributed by atoms with Crippen LogP contribution in [-0.4, -0.2) is 34.2 Å². The first-order valence-corrected chi connectivity index (χ1v) is 11.8. The van der Waals surface area contributed by atoms with E-state index in [1.165, 1.54) is 16.7 Å². The quantitative estimate of drug-likeness (QED) is 0.441. The van der Waals surface area contributed by atoms with E-state index in [-0.39, 0.29) is 11.3 Å². The molecule has 2 aliphatic heterocycles. The Morgan fingerprint density at radius 2 is 1.63 bits per heavy atom. The van der Waals surface area contributed by atoms with Crippen molar-refractivity contribution in [2.24, 2.45) is 5.73 Å². The topological polar surface area (TPSA) is 72.6 Å². The first kappa shape index (κ1) is 21.4.